The van der Waals surface area contributed by atoms with E-state index < -0.39 is 0 Å². The summed E-state index contributed by atoms with van der Waals surface area (Å²) >= 11 is 0. The quantitative estimate of drug-likeness (QED) is 0.766. The zero-order valence-electron chi connectivity index (χ0n) is 10.5. The van der Waals surface area contributed by atoms with E-state index in [-0.39, 0.29) is 0 Å². The Balaban J connectivity index is 1.67. The molecule has 0 aliphatic heterocycles. The van der Waals surface area contributed by atoms with Crippen molar-refractivity contribution in [2.24, 2.45) is 11.7 Å². The maximum atomic E-state index is 5.92. The fraction of sp³-hybridized carbons (Fsp3) is 1.00. The zero-order chi connectivity index (χ0) is 11.4. The van der Waals surface area contributed by atoms with Crippen molar-refractivity contribution >= 4 is 0 Å². The molecule has 0 bridgehead atoms. The standard InChI is InChI=1S/C13H26N2O/c1-16-13-4-2-3-12(13)15-9-10-5-7-11(14)8-6-10/h10-13,15H,2-9,14H2,1H3. The van der Waals surface area contributed by atoms with Gasteiger partial charge in [0.05, 0.1) is 6.10 Å². The minimum Gasteiger partial charge on any atom is -0.380 e. The fourth-order valence-corrected chi connectivity index (χ4v) is 3.15. The Morgan fingerprint density at radius 1 is 1.12 bits per heavy atom. The first-order chi connectivity index (χ1) is 7.79. The van der Waals surface area contributed by atoms with Crippen molar-refractivity contribution in [3.63, 3.8) is 0 Å². The van der Waals surface area contributed by atoms with Gasteiger partial charge in [-0.05, 0) is 57.4 Å². The number of ether oxygens (including phenoxy) is 1. The molecule has 0 amide bonds. The molecule has 2 atom stereocenters. The molecule has 16 heavy (non-hydrogen) atoms. The Hall–Kier alpha value is -0.120. The van der Waals surface area contributed by atoms with Gasteiger partial charge in [0.25, 0.3) is 0 Å². The van der Waals surface area contributed by atoms with E-state index in [0.29, 0.717) is 18.2 Å². The minimum atomic E-state index is 0.450. The van der Waals surface area contributed by atoms with Crippen LogP contribution in [-0.4, -0.2) is 31.8 Å². The maximum Gasteiger partial charge on any atom is 0.0724 e. The molecule has 0 aromatic heterocycles. The van der Waals surface area contributed by atoms with E-state index in [9.17, 15) is 0 Å². The van der Waals surface area contributed by atoms with Crippen molar-refractivity contribution in [3.8, 4) is 0 Å². The Morgan fingerprint density at radius 2 is 1.88 bits per heavy atom. The highest BCUT2D eigenvalue weighted by Crippen LogP contribution is 2.25. The first-order valence-corrected chi connectivity index (χ1v) is 6.81. The van der Waals surface area contributed by atoms with Crippen LogP contribution in [0.3, 0.4) is 0 Å². The summed E-state index contributed by atoms with van der Waals surface area (Å²) in [5.41, 5.74) is 5.92. The monoisotopic (exact) mass is 226 g/mol. The molecule has 94 valence electrons. The van der Waals surface area contributed by atoms with Gasteiger partial charge in [0.15, 0.2) is 0 Å². The summed E-state index contributed by atoms with van der Waals surface area (Å²) in [6.07, 6.45) is 9.30. The number of methoxy groups -OCH3 is 1. The topological polar surface area (TPSA) is 47.3 Å². The Bertz CT molecular complexity index is 202. The van der Waals surface area contributed by atoms with E-state index in [1.54, 1.807) is 0 Å². The van der Waals surface area contributed by atoms with Gasteiger partial charge in [0.2, 0.25) is 0 Å². The predicted octanol–water partition coefficient (Wildman–Crippen LogP) is 1.66. The van der Waals surface area contributed by atoms with E-state index in [0.717, 1.165) is 12.5 Å². The maximum absolute atomic E-state index is 5.92. The third-order valence-electron chi connectivity index (χ3n) is 4.32. The van der Waals surface area contributed by atoms with Gasteiger partial charge in [-0.15, -0.1) is 0 Å². The normalized spacial score (nSPS) is 40.1. The Morgan fingerprint density at radius 3 is 2.56 bits per heavy atom. The first-order valence-electron chi connectivity index (χ1n) is 6.81. The van der Waals surface area contributed by atoms with Crippen LogP contribution in [0, 0.1) is 5.92 Å². The molecule has 0 radical (unpaired) electrons. The van der Waals surface area contributed by atoms with Gasteiger partial charge >= 0.3 is 0 Å². The highest BCUT2D eigenvalue weighted by atomic mass is 16.5. The minimum absolute atomic E-state index is 0.450. The summed E-state index contributed by atoms with van der Waals surface area (Å²) in [6, 6.07) is 1.06. The molecule has 0 spiro atoms. The fourth-order valence-electron chi connectivity index (χ4n) is 3.15. The van der Waals surface area contributed by atoms with Gasteiger partial charge < -0.3 is 15.8 Å². The van der Waals surface area contributed by atoms with Gasteiger partial charge in [0.1, 0.15) is 0 Å². The predicted molar refractivity (Wildman–Crippen MR) is 66.4 cm³/mol. The average molecular weight is 226 g/mol. The molecule has 2 rings (SSSR count). The number of rotatable bonds is 4. The van der Waals surface area contributed by atoms with Gasteiger partial charge in [-0.3, -0.25) is 0 Å². The lowest BCUT2D eigenvalue weighted by Crippen LogP contribution is -2.40. The molecular weight excluding hydrogens is 200 g/mol. The van der Waals surface area contributed by atoms with E-state index in [2.05, 4.69) is 5.32 Å². The Labute approximate surface area is 99.1 Å². The van der Waals surface area contributed by atoms with E-state index >= 15 is 0 Å². The third kappa shape index (κ3) is 3.19. The molecule has 2 saturated carbocycles. The number of hydrogen-bond donors (Lipinski definition) is 2. The van der Waals surface area contributed by atoms with Crippen molar-refractivity contribution in [1.29, 1.82) is 0 Å². The van der Waals surface area contributed by atoms with Crippen LogP contribution < -0.4 is 11.1 Å². The summed E-state index contributed by atoms with van der Waals surface area (Å²) in [4.78, 5) is 0. The second-order valence-electron chi connectivity index (χ2n) is 5.50. The SMILES string of the molecule is COC1CCCC1NCC1CCC(N)CC1. The van der Waals surface area contributed by atoms with Crippen LogP contribution in [0.15, 0.2) is 0 Å². The highest BCUT2D eigenvalue weighted by molar-refractivity contribution is 4.85. The average Bonchev–Trinajstić information content (AvgIpc) is 2.76. The second kappa shape index (κ2) is 5.99. The van der Waals surface area contributed by atoms with Crippen LogP contribution in [0.2, 0.25) is 0 Å². The van der Waals surface area contributed by atoms with E-state index in [4.69, 9.17) is 10.5 Å². The summed E-state index contributed by atoms with van der Waals surface area (Å²) in [6.45, 7) is 1.16. The van der Waals surface area contributed by atoms with Crippen molar-refractivity contribution in [3.05, 3.63) is 0 Å². The summed E-state index contributed by atoms with van der Waals surface area (Å²) in [5.74, 6) is 0.845. The number of nitrogens with one attached hydrogen (secondary N) is 1. The zero-order valence-corrected chi connectivity index (χ0v) is 10.5. The molecule has 3 N–H and O–H groups in total. The van der Waals surface area contributed by atoms with Crippen LogP contribution in [0.1, 0.15) is 44.9 Å². The smallest absolute Gasteiger partial charge is 0.0724 e. The lowest BCUT2D eigenvalue weighted by molar-refractivity contribution is 0.0829. The molecule has 2 aliphatic carbocycles. The van der Waals surface area contributed by atoms with Crippen LogP contribution in [0.25, 0.3) is 0 Å². The van der Waals surface area contributed by atoms with Gasteiger partial charge in [-0.1, -0.05) is 0 Å². The molecule has 2 unspecified atom stereocenters. The summed E-state index contributed by atoms with van der Waals surface area (Å²) in [7, 11) is 1.84. The third-order valence-corrected chi connectivity index (χ3v) is 4.32. The molecule has 3 heteroatoms. The van der Waals surface area contributed by atoms with Crippen molar-refractivity contribution in [2.45, 2.75) is 63.1 Å². The second-order valence-corrected chi connectivity index (χ2v) is 5.50. The number of nitrogens with two attached hydrogens (primary N) is 1. The molecule has 0 aromatic rings. The van der Waals surface area contributed by atoms with Crippen molar-refractivity contribution < 1.29 is 4.74 Å². The van der Waals surface area contributed by atoms with Crippen molar-refractivity contribution in [1.82, 2.24) is 5.32 Å². The molecule has 0 aromatic carbocycles. The van der Waals surface area contributed by atoms with Gasteiger partial charge in [-0.2, -0.15) is 0 Å². The molecule has 0 heterocycles. The molecule has 2 aliphatic rings. The largest absolute Gasteiger partial charge is 0.380 e. The molecular formula is C13H26N2O. The molecule has 3 nitrogen and oxygen atoms in total. The van der Waals surface area contributed by atoms with Gasteiger partial charge in [0, 0.05) is 19.2 Å². The molecule has 2 fully saturated rings. The Kier molecular flexibility index (Phi) is 4.62. The van der Waals surface area contributed by atoms with E-state index in [1.165, 1.54) is 44.9 Å². The molecule has 0 saturated heterocycles. The first kappa shape index (κ1) is 12.3. The van der Waals surface area contributed by atoms with Gasteiger partial charge in [-0.25, -0.2) is 0 Å². The summed E-state index contributed by atoms with van der Waals surface area (Å²) < 4.78 is 5.50. The van der Waals surface area contributed by atoms with Crippen molar-refractivity contribution in [2.75, 3.05) is 13.7 Å². The highest BCUT2D eigenvalue weighted by Gasteiger charge is 2.27. The lowest BCUT2D eigenvalue weighted by Gasteiger charge is -2.28. The number of hydrogen-bond acceptors (Lipinski definition) is 3. The van der Waals surface area contributed by atoms with Crippen LogP contribution in [0.5, 0.6) is 0 Å². The van der Waals surface area contributed by atoms with Crippen LogP contribution >= 0.6 is 0 Å². The summed E-state index contributed by atoms with van der Waals surface area (Å²) in [5, 5.41) is 3.70. The van der Waals surface area contributed by atoms with E-state index in [1.807, 2.05) is 7.11 Å². The lowest BCUT2D eigenvalue weighted by atomic mass is 9.86. The van der Waals surface area contributed by atoms with Crippen LogP contribution in [0.4, 0.5) is 0 Å². The van der Waals surface area contributed by atoms with Crippen LogP contribution in [-0.2, 0) is 4.74 Å².